The van der Waals surface area contributed by atoms with Gasteiger partial charge in [-0.15, -0.1) is 0 Å². The zero-order valence-electron chi connectivity index (χ0n) is 10.7. The van der Waals surface area contributed by atoms with Gasteiger partial charge in [0.25, 0.3) is 0 Å². The Bertz CT molecular complexity index is 653. The molecule has 0 spiro atoms. The summed E-state index contributed by atoms with van der Waals surface area (Å²) in [7, 11) is -1.96. The van der Waals surface area contributed by atoms with Crippen LogP contribution in [0.4, 0.5) is 0 Å². The van der Waals surface area contributed by atoms with Gasteiger partial charge in [0.2, 0.25) is 0 Å². The van der Waals surface area contributed by atoms with E-state index in [1.165, 1.54) is 0 Å². The van der Waals surface area contributed by atoms with Gasteiger partial charge in [0.05, 0.1) is 17.9 Å². The molecule has 4 nitrogen and oxygen atoms in total. The molecule has 0 fully saturated rings. The smallest absolute Gasteiger partial charge is 0.340 e. The third kappa shape index (κ3) is 2.06. The first kappa shape index (κ1) is 12.8. The van der Waals surface area contributed by atoms with Crippen molar-refractivity contribution in [3.63, 3.8) is 0 Å². The van der Waals surface area contributed by atoms with Crippen LogP contribution in [-0.2, 0) is 19.2 Å². The summed E-state index contributed by atoms with van der Waals surface area (Å²) in [5.41, 5.74) is 1.88. The Balaban J connectivity index is 2.71. The van der Waals surface area contributed by atoms with Gasteiger partial charge in [0.15, 0.2) is 0 Å². The molecule has 0 amide bonds. The number of carbonyl (C=O) groups excluding carboxylic acids is 1. The fourth-order valence-electron chi connectivity index (χ4n) is 2.04. The van der Waals surface area contributed by atoms with Crippen LogP contribution >= 0.6 is 0 Å². The number of hydrogen-bond acceptors (Lipinski definition) is 4. The fourth-order valence-corrected chi connectivity index (χ4v) is 3.72. The average Bonchev–Trinajstić information content (AvgIpc) is 2.28. The van der Waals surface area contributed by atoms with Crippen LogP contribution in [0.1, 0.15) is 19.4 Å². The van der Waals surface area contributed by atoms with E-state index in [2.05, 4.69) is 4.36 Å². The van der Waals surface area contributed by atoms with Crippen molar-refractivity contribution in [2.24, 2.45) is 4.36 Å². The van der Waals surface area contributed by atoms with Crippen molar-refractivity contribution < 1.29 is 9.53 Å². The molecule has 2 rings (SSSR count). The molecule has 1 aliphatic rings. The Morgan fingerprint density at radius 1 is 1.44 bits per heavy atom. The maximum absolute atomic E-state index is 12.0. The van der Waals surface area contributed by atoms with Gasteiger partial charge in [-0.1, -0.05) is 18.2 Å². The molecule has 1 aliphatic heterocycles. The van der Waals surface area contributed by atoms with Crippen LogP contribution in [0.5, 0.6) is 0 Å². The lowest BCUT2D eigenvalue weighted by Crippen LogP contribution is -2.14. The highest BCUT2D eigenvalue weighted by Gasteiger charge is 2.25. The van der Waals surface area contributed by atoms with E-state index in [1.807, 2.05) is 24.3 Å². The lowest BCUT2D eigenvalue weighted by Gasteiger charge is -2.21. The van der Waals surface area contributed by atoms with Crippen LogP contribution in [0.15, 0.2) is 39.2 Å². The van der Waals surface area contributed by atoms with Gasteiger partial charge >= 0.3 is 5.97 Å². The molecule has 0 bridgehead atoms. The normalized spacial score (nSPS) is 22.2. The predicted octanol–water partition coefficient (Wildman–Crippen LogP) is 3.08. The predicted molar refractivity (Wildman–Crippen MR) is 72.4 cm³/mol. The highest BCUT2D eigenvalue weighted by molar-refractivity contribution is 7.94. The summed E-state index contributed by atoms with van der Waals surface area (Å²) in [5.74, 6) is -0.360. The van der Waals surface area contributed by atoms with Crippen molar-refractivity contribution in [2.75, 3.05) is 12.9 Å². The zero-order chi connectivity index (χ0) is 13.3. The molecule has 1 aromatic carbocycles. The summed E-state index contributed by atoms with van der Waals surface area (Å²) in [5, 5.41) is 0. The van der Waals surface area contributed by atoms with Gasteiger partial charge in [0.1, 0.15) is 0 Å². The van der Waals surface area contributed by atoms with Crippen LogP contribution in [0.3, 0.4) is 0 Å². The summed E-state index contributed by atoms with van der Waals surface area (Å²) in [6.45, 7) is 3.88. The number of nitrogens with zero attached hydrogens (tertiary/aromatic N) is 1. The SMILES string of the molecule is CCOC(=O)C1=C(C)N=S(C)(=N)c2ccccc21. The Labute approximate surface area is 107 Å². The van der Waals surface area contributed by atoms with Gasteiger partial charge in [0, 0.05) is 16.7 Å². The third-order valence-corrected chi connectivity index (χ3v) is 4.60. The first-order valence-corrected chi connectivity index (χ1v) is 7.70. The topological polar surface area (TPSA) is 62.5 Å². The van der Waals surface area contributed by atoms with Gasteiger partial charge in [-0.05, 0) is 29.5 Å². The number of nitrogens with one attached hydrogen (secondary N) is 1. The van der Waals surface area contributed by atoms with Crippen LogP contribution in [0.25, 0.3) is 5.57 Å². The molecule has 1 atom stereocenters. The minimum Gasteiger partial charge on any atom is -0.462 e. The van der Waals surface area contributed by atoms with E-state index < -0.39 is 9.62 Å². The summed E-state index contributed by atoms with van der Waals surface area (Å²) >= 11 is 0. The molecule has 96 valence electrons. The number of esters is 1. The molecular weight excluding hydrogens is 248 g/mol. The first-order chi connectivity index (χ1) is 8.47. The molecule has 0 aromatic heterocycles. The monoisotopic (exact) mass is 264 g/mol. The second-order valence-corrected chi connectivity index (χ2v) is 6.52. The molecule has 1 aromatic rings. The van der Waals surface area contributed by atoms with Crippen molar-refractivity contribution in [1.29, 1.82) is 4.78 Å². The van der Waals surface area contributed by atoms with E-state index in [0.29, 0.717) is 17.9 Å². The Kier molecular flexibility index (Phi) is 3.26. The lowest BCUT2D eigenvalue weighted by atomic mass is 10.0. The van der Waals surface area contributed by atoms with Crippen molar-refractivity contribution in [3.8, 4) is 0 Å². The van der Waals surface area contributed by atoms with Gasteiger partial charge in [-0.3, -0.25) is 4.78 Å². The molecule has 1 unspecified atom stereocenters. The molecule has 0 aliphatic carbocycles. The number of hydrogen-bond donors (Lipinski definition) is 1. The average molecular weight is 264 g/mol. The Hall–Kier alpha value is -1.62. The van der Waals surface area contributed by atoms with Crippen LogP contribution in [0.2, 0.25) is 0 Å². The second kappa shape index (κ2) is 4.57. The maximum atomic E-state index is 12.0. The molecule has 18 heavy (non-hydrogen) atoms. The first-order valence-electron chi connectivity index (χ1n) is 5.70. The highest BCUT2D eigenvalue weighted by Crippen LogP contribution is 2.33. The standard InChI is InChI=1S/C13H16N2O2S/c1-4-17-13(16)12-9(2)15-18(3,14)11-8-6-5-7-10(11)12/h5-8,14H,4H2,1-3H3. The van der Waals surface area contributed by atoms with E-state index in [-0.39, 0.29) is 5.97 Å². The van der Waals surface area contributed by atoms with Gasteiger partial charge in [-0.25, -0.2) is 9.16 Å². The minimum atomic E-state index is -1.96. The van der Waals surface area contributed by atoms with E-state index in [9.17, 15) is 4.79 Å². The van der Waals surface area contributed by atoms with Crippen molar-refractivity contribution in [3.05, 3.63) is 35.5 Å². The molecular formula is C13H16N2O2S. The fraction of sp³-hybridized carbons (Fsp3) is 0.308. The van der Waals surface area contributed by atoms with Crippen LogP contribution in [-0.4, -0.2) is 18.8 Å². The van der Waals surface area contributed by atoms with Crippen molar-refractivity contribution in [1.82, 2.24) is 0 Å². The molecule has 0 saturated carbocycles. The zero-order valence-corrected chi connectivity index (χ0v) is 11.5. The Morgan fingerprint density at radius 2 is 2.11 bits per heavy atom. The number of ether oxygens (including phenoxy) is 1. The van der Waals surface area contributed by atoms with Gasteiger partial charge < -0.3 is 4.74 Å². The molecule has 5 heteroatoms. The van der Waals surface area contributed by atoms with E-state index in [0.717, 1.165) is 10.5 Å². The van der Waals surface area contributed by atoms with Crippen LogP contribution < -0.4 is 0 Å². The summed E-state index contributed by atoms with van der Waals surface area (Å²) in [4.78, 5) is 12.8. The molecule has 1 heterocycles. The van der Waals surface area contributed by atoms with E-state index in [4.69, 9.17) is 9.52 Å². The number of fused-ring (bicyclic) bond motifs is 1. The number of allylic oxidation sites excluding steroid dienone is 1. The van der Waals surface area contributed by atoms with Crippen molar-refractivity contribution >= 4 is 21.2 Å². The summed E-state index contributed by atoms with van der Waals surface area (Å²) < 4.78 is 17.7. The summed E-state index contributed by atoms with van der Waals surface area (Å²) in [6.07, 6.45) is 1.80. The summed E-state index contributed by atoms with van der Waals surface area (Å²) in [6, 6.07) is 7.47. The molecule has 0 saturated heterocycles. The van der Waals surface area contributed by atoms with Crippen LogP contribution in [0, 0.1) is 4.78 Å². The number of benzene rings is 1. The Morgan fingerprint density at radius 3 is 2.78 bits per heavy atom. The highest BCUT2D eigenvalue weighted by atomic mass is 32.2. The largest absolute Gasteiger partial charge is 0.462 e. The third-order valence-electron chi connectivity index (χ3n) is 2.75. The number of rotatable bonds is 2. The molecule has 0 radical (unpaired) electrons. The lowest BCUT2D eigenvalue weighted by molar-refractivity contribution is -0.136. The molecule has 1 N–H and O–H groups in total. The van der Waals surface area contributed by atoms with E-state index >= 15 is 0 Å². The minimum absolute atomic E-state index is 0.336. The van der Waals surface area contributed by atoms with Crippen molar-refractivity contribution in [2.45, 2.75) is 18.7 Å². The van der Waals surface area contributed by atoms with E-state index in [1.54, 1.807) is 20.1 Å². The maximum Gasteiger partial charge on any atom is 0.340 e. The second-order valence-electron chi connectivity index (χ2n) is 4.14. The number of carbonyl (C=O) groups is 1. The van der Waals surface area contributed by atoms with Gasteiger partial charge in [-0.2, -0.15) is 0 Å². The quantitative estimate of drug-likeness (QED) is 0.834.